The van der Waals surface area contributed by atoms with E-state index < -0.39 is 0 Å². The molecule has 2 aromatic rings. The minimum absolute atomic E-state index is 0.257. The third-order valence-electron chi connectivity index (χ3n) is 2.67. The van der Waals surface area contributed by atoms with Crippen molar-refractivity contribution in [1.29, 1.82) is 0 Å². The lowest BCUT2D eigenvalue weighted by Gasteiger charge is -2.05. The van der Waals surface area contributed by atoms with Crippen molar-refractivity contribution in [2.75, 3.05) is 11.9 Å². The van der Waals surface area contributed by atoms with Crippen molar-refractivity contribution in [3.05, 3.63) is 46.8 Å². The number of rotatable bonds is 2. The van der Waals surface area contributed by atoms with Crippen molar-refractivity contribution in [2.24, 2.45) is 5.73 Å². The Morgan fingerprint density at radius 2 is 2.20 bits per heavy atom. The van der Waals surface area contributed by atoms with Gasteiger partial charge in [0.25, 0.3) is 5.91 Å². The molecule has 1 aromatic carbocycles. The fourth-order valence-corrected chi connectivity index (χ4v) is 1.70. The van der Waals surface area contributed by atoms with Gasteiger partial charge in [0.2, 0.25) is 0 Å². The van der Waals surface area contributed by atoms with Gasteiger partial charge in [-0.15, -0.1) is 0 Å². The number of carbonyl (C=O) groups excluding carboxylic acids is 1. The van der Waals surface area contributed by atoms with Crippen LogP contribution < -0.4 is 11.1 Å². The highest BCUT2D eigenvalue weighted by Crippen LogP contribution is 2.15. The predicted octanol–water partition coefficient (Wildman–Crippen LogP) is 1.85. The molecule has 0 bridgehead atoms. The molecular formula is C15H15N3O2. The van der Waals surface area contributed by atoms with E-state index in [0.29, 0.717) is 18.0 Å². The third kappa shape index (κ3) is 3.25. The summed E-state index contributed by atoms with van der Waals surface area (Å²) >= 11 is 0. The summed E-state index contributed by atoms with van der Waals surface area (Å²) in [6.45, 7) is 3.98. The molecule has 0 saturated carbocycles. The third-order valence-corrected chi connectivity index (χ3v) is 2.67. The summed E-state index contributed by atoms with van der Waals surface area (Å²) in [6.07, 6.45) is 0. The summed E-state index contributed by atoms with van der Waals surface area (Å²) in [6, 6.07) is 7.08. The van der Waals surface area contributed by atoms with Crippen molar-refractivity contribution in [1.82, 2.24) is 5.16 Å². The Hall–Kier alpha value is -2.58. The second-order valence-electron chi connectivity index (χ2n) is 4.31. The van der Waals surface area contributed by atoms with E-state index in [0.717, 1.165) is 11.1 Å². The maximum Gasteiger partial charge on any atom is 0.277 e. The van der Waals surface area contributed by atoms with E-state index in [4.69, 9.17) is 10.3 Å². The number of nitrogens with two attached hydrogens (primary N) is 1. The number of anilines is 1. The largest absolute Gasteiger partial charge is 0.361 e. The number of aryl methyl sites for hydroxylation is 2. The highest BCUT2D eigenvalue weighted by molar-refractivity contribution is 6.02. The van der Waals surface area contributed by atoms with Gasteiger partial charge in [0, 0.05) is 17.3 Å². The second kappa shape index (κ2) is 6.04. The standard InChI is InChI=1S/C15H15N3O2/c1-10-8-13(6-5-12(10)4-3-7-16)17-15(19)14-9-11(2)20-18-14/h5-6,8-9H,7,16H2,1-2H3,(H,17,19). The molecule has 1 amide bonds. The van der Waals surface area contributed by atoms with Gasteiger partial charge in [-0.05, 0) is 37.6 Å². The average molecular weight is 269 g/mol. The van der Waals surface area contributed by atoms with Crippen LogP contribution in [0.25, 0.3) is 0 Å². The maximum absolute atomic E-state index is 11.9. The fourth-order valence-electron chi connectivity index (χ4n) is 1.70. The van der Waals surface area contributed by atoms with Gasteiger partial charge in [-0.3, -0.25) is 4.79 Å². The monoisotopic (exact) mass is 269 g/mol. The Labute approximate surface area is 117 Å². The van der Waals surface area contributed by atoms with Crippen LogP contribution in [0.1, 0.15) is 27.4 Å². The molecule has 0 aliphatic heterocycles. The molecular weight excluding hydrogens is 254 g/mol. The normalized spacial score (nSPS) is 9.75. The molecule has 5 heteroatoms. The predicted molar refractivity (Wildman–Crippen MR) is 76.3 cm³/mol. The van der Waals surface area contributed by atoms with E-state index in [1.54, 1.807) is 19.1 Å². The smallest absolute Gasteiger partial charge is 0.277 e. The molecule has 0 unspecified atom stereocenters. The highest BCUT2D eigenvalue weighted by atomic mass is 16.5. The molecule has 102 valence electrons. The van der Waals surface area contributed by atoms with Crippen molar-refractivity contribution in [2.45, 2.75) is 13.8 Å². The van der Waals surface area contributed by atoms with Gasteiger partial charge in [0.15, 0.2) is 5.69 Å². The van der Waals surface area contributed by atoms with Crippen molar-refractivity contribution in [3.8, 4) is 11.8 Å². The quantitative estimate of drug-likeness (QED) is 0.815. The zero-order valence-corrected chi connectivity index (χ0v) is 11.4. The van der Waals surface area contributed by atoms with Crippen LogP contribution in [-0.2, 0) is 0 Å². The summed E-state index contributed by atoms with van der Waals surface area (Å²) in [5, 5.41) is 6.43. The first-order valence-electron chi connectivity index (χ1n) is 6.14. The molecule has 20 heavy (non-hydrogen) atoms. The van der Waals surface area contributed by atoms with Crippen LogP contribution in [0.3, 0.4) is 0 Å². The van der Waals surface area contributed by atoms with Crippen molar-refractivity contribution < 1.29 is 9.32 Å². The number of amides is 1. The van der Waals surface area contributed by atoms with Crippen LogP contribution in [0.5, 0.6) is 0 Å². The Morgan fingerprint density at radius 1 is 1.40 bits per heavy atom. The molecule has 0 aliphatic rings. The first-order valence-corrected chi connectivity index (χ1v) is 6.14. The number of aromatic nitrogens is 1. The fraction of sp³-hybridized carbons (Fsp3) is 0.200. The number of nitrogens with zero attached hydrogens (tertiary/aromatic N) is 1. The lowest BCUT2D eigenvalue weighted by atomic mass is 10.1. The van der Waals surface area contributed by atoms with Crippen LogP contribution in [0, 0.1) is 25.7 Å². The minimum Gasteiger partial charge on any atom is -0.361 e. The second-order valence-corrected chi connectivity index (χ2v) is 4.31. The molecule has 3 N–H and O–H groups in total. The molecule has 5 nitrogen and oxygen atoms in total. The van der Waals surface area contributed by atoms with Gasteiger partial charge < -0.3 is 15.6 Å². The lowest BCUT2D eigenvalue weighted by molar-refractivity contribution is 0.101. The molecule has 0 atom stereocenters. The van der Waals surface area contributed by atoms with E-state index in [1.165, 1.54) is 0 Å². The highest BCUT2D eigenvalue weighted by Gasteiger charge is 2.11. The van der Waals surface area contributed by atoms with E-state index in [2.05, 4.69) is 22.3 Å². The van der Waals surface area contributed by atoms with E-state index in [9.17, 15) is 4.79 Å². The topological polar surface area (TPSA) is 81.2 Å². The van der Waals surface area contributed by atoms with E-state index in [-0.39, 0.29) is 11.6 Å². The van der Waals surface area contributed by atoms with Gasteiger partial charge in [0.05, 0.1) is 6.54 Å². The molecule has 1 heterocycles. The summed E-state index contributed by atoms with van der Waals surface area (Å²) in [5.74, 6) is 6.07. The van der Waals surface area contributed by atoms with Gasteiger partial charge >= 0.3 is 0 Å². The van der Waals surface area contributed by atoms with Crippen LogP contribution in [-0.4, -0.2) is 17.6 Å². The van der Waals surface area contributed by atoms with Crippen LogP contribution in [0.15, 0.2) is 28.8 Å². The Morgan fingerprint density at radius 3 is 2.80 bits per heavy atom. The van der Waals surface area contributed by atoms with Gasteiger partial charge in [-0.1, -0.05) is 17.0 Å². The molecule has 0 aliphatic carbocycles. The summed E-state index contributed by atoms with van der Waals surface area (Å²) < 4.78 is 4.87. The Kier molecular flexibility index (Phi) is 4.18. The number of hydrogen-bond donors (Lipinski definition) is 2. The number of nitrogens with one attached hydrogen (secondary N) is 1. The Balaban J connectivity index is 2.14. The Bertz CT molecular complexity index is 693. The molecule has 2 rings (SSSR count). The zero-order chi connectivity index (χ0) is 14.5. The minimum atomic E-state index is -0.304. The maximum atomic E-state index is 11.9. The SMILES string of the molecule is Cc1cc(C(=O)Nc2ccc(C#CCN)c(C)c2)no1. The average Bonchev–Trinajstić information content (AvgIpc) is 2.85. The lowest BCUT2D eigenvalue weighted by Crippen LogP contribution is -2.12. The van der Waals surface area contributed by atoms with Crippen molar-refractivity contribution in [3.63, 3.8) is 0 Å². The molecule has 1 aromatic heterocycles. The van der Waals surface area contributed by atoms with Crippen LogP contribution in [0.2, 0.25) is 0 Å². The van der Waals surface area contributed by atoms with Crippen LogP contribution >= 0.6 is 0 Å². The summed E-state index contributed by atoms with van der Waals surface area (Å²) in [4.78, 5) is 11.9. The van der Waals surface area contributed by atoms with E-state index >= 15 is 0 Å². The van der Waals surface area contributed by atoms with Gasteiger partial charge in [0.1, 0.15) is 5.76 Å². The summed E-state index contributed by atoms with van der Waals surface area (Å²) in [7, 11) is 0. The zero-order valence-electron chi connectivity index (χ0n) is 11.4. The van der Waals surface area contributed by atoms with Gasteiger partial charge in [-0.25, -0.2) is 0 Å². The molecule has 0 radical (unpaired) electrons. The first-order chi connectivity index (χ1) is 9.60. The number of carbonyl (C=O) groups is 1. The summed E-state index contributed by atoms with van der Waals surface area (Å²) in [5.41, 5.74) is 8.15. The molecule has 0 spiro atoms. The molecule has 0 saturated heterocycles. The number of hydrogen-bond acceptors (Lipinski definition) is 4. The molecule has 0 fully saturated rings. The van der Waals surface area contributed by atoms with Crippen molar-refractivity contribution >= 4 is 11.6 Å². The number of benzene rings is 1. The van der Waals surface area contributed by atoms with E-state index in [1.807, 2.05) is 19.1 Å². The first kappa shape index (κ1) is 13.8. The van der Waals surface area contributed by atoms with Crippen LogP contribution in [0.4, 0.5) is 5.69 Å². The van der Waals surface area contributed by atoms with Gasteiger partial charge in [-0.2, -0.15) is 0 Å².